The number of carbonyl (C=O) groups excluding carboxylic acids is 1. The number of nitrogens with one attached hydrogen (secondary N) is 1. The third-order valence-corrected chi connectivity index (χ3v) is 5.99. The van der Waals surface area contributed by atoms with Crippen molar-refractivity contribution in [3.05, 3.63) is 0 Å². The predicted molar refractivity (Wildman–Crippen MR) is 135 cm³/mol. The van der Waals surface area contributed by atoms with Gasteiger partial charge in [-0.25, -0.2) is 0 Å². The molecule has 5 heteroatoms. The molecule has 5 nitrogen and oxygen atoms in total. The van der Waals surface area contributed by atoms with Gasteiger partial charge in [-0.3, -0.25) is 4.79 Å². The third kappa shape index (κ3) is 22.5. The minimum absolute atomic E-state index is 0.0604. The number of unbranched alkanes of at least 4 members (excludes halogenated alkanes) is 11. The summed E-state index contributed by atoms with van der Waals surface area (Å²) in [5, 5.41) is 3.40. The standard InChI is InChI=1S/C27H55NO4/c1-4-6-8-10-11-15-19-26(18-14-9-7-5-2)27(29)32-22-17-13-12-16-20-28-21-23-31-25-24-30-3/h26,28H,4-25H2,1-3H3. The molecule has 0 aromatic rings. The highest BCUT2D eigenvalue weighted by Gasteiger charge is 2.19. The van der Waals surface area contributed by atoms with Crippen molar-refractivity contribution in [3.8, 4) is 0 Å². The minimum Gasteiger partial charge on any atom is -0.465 e. The molecule has 0 aliphatic carbocycles. The lowest BCUT2D eigenvalue weighted by Crippen LogP contribution is -2.21. The fourth-order valence-corrected chi connectivity index (χ4v) is 3.88. The molecule has 0 aromatic heterocycles. The number of ether oxygens (including phenoxy) is 3. The molecule has 0 heterocycles. The minimum atomic E-state index is 0.0604. The zero-order valence-corrected chi connectivity index (χ0v) is 21.8. The van der Waals surface area contributed by atoms with Gasteiger partial charge in [0, 0.05) is 13.7 Å². The van der Waals surface area contributed by atoms with Crippen molar-refractivity contribution in [1.29, 1.82) is 0 Å². The molecule has 1 atom stereocenters. The lowest BCUT2D eigenvalue weighted by molar-refractivity contribution is -0.149. The van der Waals surface area contributed by atoms with Gasteiger partial charge in [0.2, 0.25) is 0 Å². The molecule has 0 aliphatic rings. The first-order valence-corrected chi connectivity index (χ1v) is 13.7. The number of carbonyl (C=O) groups is 1. The van der Waals surface area contributed by atoms with Crippen molar-refractivity contribution in [2.24, 2.45) is 5.92 Å². The highest BCUT2D eigenvalue weighted by atomic mass is 16.5. The maximum atomic E-state index is 12.6. The topological polar surface area (TPSA) is 56.8 Å². The zero-order chi connectivity index (χ0) is 23.5. The largest absolute Gasteiger partial charge is 0.465 e. The Hall–Kier alpha value is -0.650. The normalized spacial score (nSPS) is 12.2. The van der Waals surface area contributed by atoms with Crippen molar-refractivity contribution in [2.45, 2.75) is 117 Å². The first kappa shape index (κ1) is 31.4. The molecule has 0 spiro atoms. The monoisotopic (exact) mass is 457 g/mol. The maximum Gasteiger partial charge on any atom is 0.308 e. The van der Waals surface area contributed by atoms with Crippen molar-refractivity contribution in [2.75, 3.05) is 46.6 Å². The molecule has 32 heavy (non-hydrogen) atoms. The Morgan fingerprint density at radius 2 is 1.25 bits per heavy atom. The van der Waals surface area contributed by atoms with E-state index in [0.717, 1.165) is 58.2 Å². The zero-order valence-electron chi connectivity index (χ0n) is 21.8. The summed E-state index contributed by atoms with van der Waals surface area (Å²) < 4.78 is 16.0. The Bertz CT molecular complexity index is 379. The van der Waals surface area contributed by atoms with Crippen molar-refractivity contribution < 1.29 is 19.0 Å². The van der Waals surface area contributed by atoms with Crippen molar-refractivity contribution in [3.63, 3.8) is 0 Å². The Labute approximate surface area is 199 Å². The summed E-state index contributed by atoms with van der Waals surface area (Å²) in [6, 6.07) is 0. The molecule has 0 saturated carbocycles. The summed E-state index contributed by atoms with van der Waals surface area (Å²) in [7, 11) is 1.69. The van der Waals surface area contributed by atoms with E-state index in [9.17, 15) is 4.79 Å². The van der Waals surface area contributed by atoms with Gasteiger partial charge < -0.3 is 19.5 Å². The lowest BCUT2D eigenvalue weighted by Gasteiger charge is -2.16. The smallest absolute Gasteiger partial charge is 0.308 e. The van der Waals surface area contributed by atoms with Crippen LogP contribution in [0.4, 0.5) is 0 Å². The van der Waals surface area contributed by atoms with Gasteiger partial charge in [0.15, 0.2) is 0 Å². The lowest BCUT2D eigenvalue weighted by atomic mass is 9.94. The van der Waals surface area contributed by atoms with Crippen LogP contribution >= 0.6 is 0 Å². The molecule has 0 radical (unpaired) electrons. The van der Waals surface area contributed by atoms with E-state index in [-0.39, 0.29) is 11.9 Å². The Morgan fingerprint density at radius 1 is 0.656 bits per heavy atom. The molecule has 192 valence electrons. The highest BCUT2D eigenvalue weighted by molar-refractivity contribution is 5.72. The van der Waals surface area contributed by atoms with E-state index in [1.807, 2.05) is 0 Å². The van der Waals surface area contributed by atoms with E-state index in [1.165, 1.54) is 64.2 Å². The van der Waals surface area contributed by atoms with Gasteiger partial charge in [-0.1, -0.05) is 90.9 Å². The number of methoxy groups -OCH3 is 1. The van der Waals surface area contributed by atoms with Crippen LogP contribution in [0, 0.1) is 5.92 Å². The van der Waals surface area contributed by atoms with E-state index >= 15 is 0 Å². The van der Waals surface area contributed by atoms with Gasteiger partial charge in [0.25, 0.3) is 0 Å². The van der Waals surface area contributed by atoms with Gasteiger partial charge in [0.1, 0.15) is 0 Å². The molecule has 0 aliphatic heterocycles. The van der Waals surface area contributed by atoms with Crippen molar-refractivity contribution in [1.82, 2.24) is 5.32 Å². The van der Waals surface area contributed by atoms with Gasteiger partial charge in [-0.2, -0.15) is 0 Å². The molecule has 1 unspecified atom stereocenters. The molecule has 1 N–H and O–H groups in total. The van der Waals surface area contributed by atoms with E-state index in [1.54, 1.807) is 7.11 Å². The van der Waals surface area contributed by atoms with Crippen LogP contribution in [-0.4, -0.2) is 52.6 Å². The molecular weight excluding hydrogens is 402 g/mol. The van der Waals surface area contributed by atoms with Crippen LogP contribution in [0.3, 0.4) is 0 Å². The Balaban J connectivity index is 3.77. The van der Waals surface area contributed by atoms with Crippen LogP contribution in [0.5, 0.6) is 0 Å². The van der Waals surface area contributed by atoms with Gasteiger partial charge in [-0.15, -0.1) is 0 Å². The van der Waals surface area contributed by atoms with Crippen LogP contribution in [0.2, 0.25) is 0 Å². The van der Waals surface area contributed by atoms with Crippen molar-refractivity contribution >= 4 is 5.97 Å². The Kier molecular flexibility index (Phi) is 26.1. The number of hydrogen-bond acceptors (Lipinski definition) is 5. The quantitative estimate of drug-likeness (QED) is 0.116. The second kappa shape index (κ2) is 26.6. The second-order valence-corrected chi connectivity index (χ2v) is 9.04. The first-order chi connectivity index (χ1) is 15.8. The molecule has 0 rings (SSSR count). The van der Waals surface area contributed by atoms with E-state index < -0.39 is 0 Å². The average molecular weight is 458 g/mol. The summed E-state index contributed by atoms with van der Waals surface area (Å²) in [5.41, 5.74) is 0. The molecule has 0 fully saturated rings. The fraction of sp³-hybridized carbons (Fsp3) is 0.963. The maximum absolute atomic E-state index is 12.6. The number of esters is 1. The predicted octanol–water partition coefficient (Wildman–Crippen LogP) is 6.68. The SMILES string of the molecule is CCCCCCCCC(CCCCCC)C(=O)OCCCCCCNCCOCCOC. The molecular formula is C27H55NO4. The van der Waals surface area contributed by atoms with E-state index in [2.05, 4.69) is 19.2 Å². The van der Waals surface area contributed by atoms with Gasteiger partial charge in [-0.05, 0) is 32.2 Å². The third-order valence-electron chi connectivity index (χ3n) is 5.99. The summed E-state index contributed by atoms with van der Waals surface area (Å²) in [6.07, 6.45) is 19.0. The number of rotatable bonds is 26. The second-order valence-electron chi connectivity index (χ2n) is 9.04. The fourth-order valence-electron chi connectivity index (χ4n) is 3.88. The van der Waals surface area contributed by atoms with Crippen LogP contribution < -0.4 is 5.32 Å². The van der Waals surface area contributed by atoms with E-state index in [4.69, 9.17) is 14.2 Å². The van der Waals surface area contributed by atoms with Crippen LogP contribution in [0.1, 0.15) is 117 Å². The summed E-state index contributed by atoms with van der Waals surface area (Å²) in [5.74, 6) is 0.179. The summed E-state index contributed by atoms with van der Waals surface area (Å²) in [6.45, 7) is 9.03. The van der Waals surface area contributed by atoms with Gasteiger partial charge >= 0.3 is 5.97 Å². The van der Waals surface area contributed by atoms with Crippen LogP contribution in [0.25, 0.3) is 0 Å². The average Bonchev–Trinajstić information content (AvgIpc) is 2.80. The van der Waals surface area contributed by atoms with Crippen LogP contribution in [-0.2, 0) is 19.0 Å². The van der Waals surface area contributed by atoms with Crippen LogP contribution in [0.15, 0.2) is 0 Å². The number of hydrogen-bond donors (Lipinski definition) is 1. The summed E-state index contributed by atoms with van der Waals surface area (Å²) >= 11 is 0. The molecule has 0 bridgehead atoms. The first-order valence-electron chi connectivity index (χ1n) is 13.7. The Morgan fingerprint density at radius 3 is 1.94 bits per heavy atom. The van der Waals surface area contributed by atoms with Gasteiger partial charge in [0.05, 0.1) is 32.3 Å². The van der Waals surface area contributed by atoms with E-state index in [0.29, 0.717) is 19.8 Å². The molecule has 0 aromatic carbocycles. The highest BCUT2D eigenvalue weighted by Crippen LogP contribution is 2.20. The summed E-state index contributed by atoms with van der Waals surface area (Å²) in [4.78, 5) is 12.6. The molecule has 0 saturated heterocycles. The molecule has 0 amide bonds.